The molecule has 0 radical (unpaired) electrons. The van der Waals surface area contributed by atoms with E-state index in [-0.39, 0.29) is 35.5 Å². The first-order valence-electron chi connectivity index (χ1n) is 13.7. The Kier molecular flexibility index (Phi) is 8.59. The zero-order valence-electron chi connectivity index (χ0n) is 23.2. The van der Waals surface area contributed by atoms with Crippen molar-refractivity contribution in [1.82, 2.24) is 20.9 Å². The predicted molar refractivity (Wildman–Crippen MR) is 139 cm³/mol. The molecule has 0 aromatic carbocycles. The van der Waals surface area contributed by atoms with Gasteiger partial charge in [0.05, 0.1) is 6.04 Å². The lowest BCUT2D eigenvalue weighted by Crippen LogP contribution is -2.61. The van der Waals surface area contributed by atoms with E-state index in [9.17, 15) is 24.0 Å². The molecule has 0 spiro atoms. The highest BCUT2D eigenvalue weighted by Gasteiger charge is 2.69. The Bertz CT molecular complexity index is 921. The normalized spacial score (nSPS) is 26.4. The maximum Gasteiger partial charge on any atom is 0.315 e. The van der Waals surface area contributed by atoms with Gasteiger partial charge in [-0.3, -0.25) is 19.2 Å². The Hall–Kier alpha value is -2.65. The Morgan fingerprint density at radius 2 is 1.65 bits per heavy atom. The molecule has 5 atom stereocenters. The number of carbonyl (C=O) groups excluding carboxylic acids is 5. The van der Waals surface area contributed by atoms with Crippen LogP contribution in [-0.4, -0.2) is 64.6 Å². The summed E-state index contributed by atoms with van der Waals surface area (Å²) in [4.78, 5) is 66.0. The SMILES string of the molecule is CCC[C@H](NC(=O)C1[C@@H]2[C@H](CN1C(=O)C(NC(=O)NC(C)(C)C)C1CCCCC1)C2(C)C)C(=O)C(N)=O. The molecule has 10 nitrogen and oxygen atoms in total. The van der Waals surface area contributed by atoms with Gasteiger partial charge in [-0.2, -0.15) is 0 Å². The van der Waals surface area contributed by atoms with Crippen LogP contribution >= 0.6 is 0 Å². The number of piperidine rings is 1. The van der Waals surface area contributed by atoms with Crippen molar-refractivity contribution in [3.8, 4) is 0 Å². The minimum atomic E-state index is -1.09. The first-order chi connectivity index (χ1) is 17.2. The van der Waals surface area contributed by atoms with E-state index in [0.717, 1.165) is 32.1 Å². The zero-order valence-corrected chi connectivity index (χ0v) is 23.2. The van der Waals surface area contributed by atoms with Gasteiger partial charge in [-0.15, -0.1) is 0 Å². The third-order valence-corrected chi connectivity index (χ3v) is 8.38. The number of fused-ring (bicyclic) bond motifs is 1. The van der Waals surface area contributed by atoms with E-state index in [1.54, 1.807) is 4.90 Å². The van der Waals surface area contributed by atoms with Crippen molar-refractivity contribution in [2.24, 2.45) is 28.9 Å². The molecule has 0 aromatic heterocycles. The molecule has 2 unspecified atom stereocenters. The van der Waals surface area contributed by atoms with Crippen LogP contribution in [0.25, 0.3) is 0 Å². The van der Waals surface area contributed by atoms with Crippen LogP contribution in [0.4, 0.5) is 4.79 Å². The van der Waals surface area contributed by atoms with Gasteiger partial charge in [0.1, 0.15) is 12.1 Å². The molecule has 1 heterocycles. The van der Waals surface area contributed by atoms with E-state index in [2.05, 4.69) is 29.8 Å². The number of rotatable bonds is 9. The summed E-state index contributed by atoms with van der Waals surface area (Å²) in [6.07, 6.45) is 5.61. The first kappa shape index (κ1) is 28.9. The largest absolute Gasteiger partial charge is 0.363 e. The van der Waals surface area contributed by atoms with E-state index in [1.165, 1.54) is 0 Å². The van der Waals surface area contributed by atoms with Crippen molar-refractivity contribution in [3.05, 3.63) is 0 Å². The van der Waals surface area contributed by atoms with E-state index in [0.29, 0.717) is 13.0 Å². The summed E-state index contributed by atoms with van der Waals surface area (Å²) in [6.45, 7) is 12.1. The van der Waals surface area contributed by atoms with Crippen molar-refractivity contribution in [2.45, 2.75) is 110 Å². The smallest absolute Gasteiger partial charge is 0.315 e. The summed E-state index contributed by atoms with van der Waals surface area (Å²) < 4.78 is 0. The Balaban J connectivity index is 1.85. The average Bonchev–Trinajstić information content (AvgIpc) is 3.14. The molecule has 2 saturated carbocycles. The van der Waals surface area contributed by atoms with Gasteiger partial charge in [0, 0.05) is 12.1 Å². The highest BCUT2D eigenvalue weighted by Crippen LogP contribution is 2.65. The molecule has 1 aliphatic heterocycles. The summed E-state index contributed by atoms with van der Waals surface area (Å²) in [7, 11) is 0. The van der Waals surface area contributed by atoms with Crippen molar-refractivity contribution < 1.29 is 24.0 Å². The Morgan fingerprint density at radius 1 is 1.03 bits per heavy atom. The summed E-state index contributed by atoms with van der Waals surface area (Å²) >= 11 is 0. The molecule has 208 valence electrons. The summed E-state index contributed by atoms with van der Waals surface area (Å²) in [5.41, 5.74) is 4.63. The van der Waals surface area contributed by atoms with Crippen molar-refractivity contribution in [3.63, 3.8) is 0 Å². The number of nitrogens with two attached hydrogens (primary N) is 1. The van der Waals surface area contributed by atoms with Crippen molar-refractivity contribution in [2.75, 3.05) is 6.54 Å². The van der Waals surface area contributed by atoms with Gasteiger partial charge < -0.3 is 26.6 Å². The molecule has 5 amide bonds. The molecule has 2 aliphatic carbocycles. The minimum Gasteiger partial charge on any atom is -0.363 e. The van der Waals surface area contributed by atoms with Crippen molar-refractivity contribution >= 4 is 29.5 Å². The first-order valence-corrected chi connectivity index (χ1v) is 13.7. The van der Waals surface area contributed by atoms with Crippen LogP contribution in [0.1, 0.15) is 86.5 Å². The van der Waals surface area contributed by atoms with Gasteiger partial charge in [0.15, 0.2) is 0 Å². The lowest BCUT2D eigenvalue weighted by atomic mass is 9.83. The van der Waals surface area contributed by atoms with Gasteiger partial charge >= 0.3 is 6.03 Å². The molecular formula is C27H45N5O5. The number of urea groups is 1. The third kappa shape index (κ3) is 6.44. The summed E-state index contributed by atoms with van der Waals surface area (Å²) in [6, 6.07) is -2.93. The summed E-state index contributed by atoms with van der Waals surface area (Å²) in [5.74, 6) is -2.54. The quantitative estimate of drug-likeness (QED) is 0.343. The Morgan fingerprint density at radius 3 is 2.19 bits per heavy atom. The molecule has 10 heteroatoms. The van der Waals surface area contributed by atoms with Gasteiger partial charge in [0.25, 0.3) is 5.91 Å². The number of nitrogens with one attached hydrogen (secondary N) is 3. The van der Waals surface area contributed by atoms with Crippen LogP contribution in [0, 0.1) is 23.2 Å². The zero-order chi connectivity index (χ0) is 27.7. The number of Topliss-reactive ketones (excluding diaryl/α,β-unsaturated/α-hetero) is 1. The van der Waals surface area contributed by atoms with Crippen LogP contribution in [0.3, 0.4) is 0 Å². The number of hydrogen-bond donors (Lipinski definition) is 4. The van der Waals surface area contributed by atoms with Gasteiger partial charge in [0.2, 0.25) is 17.6 Å². The van der Waals surface area contributed by atoms with Crippen LogP contribution in [-0.2, 0) is 19.2 Å². The van der Waals surface area contributed by atoms with E-state index < -0.39 is 47.3 Å². The fourth-order valence-corrected chi connectivity index (χ4v) is 6.34. The maximum atomic E-state index is 14.1. The van der Waals surface area contributed by atoms with Crippen LogP contribution < -0.4 is 21.7 Å². The molecular weight excluding hydrogens is 474 g/mol. The topological polar surface area (TPSA) is 151 Å². The molecule has 37 heavy (non-hydrogen) atoms. The molecule has 3 aliphatic rings. The molecule has 3 fully saturated rings. The fraction of sp³-hybridized carbons (Fsp3) is 0.815. The van der Waals surface area contributed by atoms with Gasteiger partial charge in [-0.1, -0.05) is 46.5 Å². The number of carbonyl (C=O) groups is 5. The maximum absolute atomic E-state index is 14.1. The van der Waals surface area contributed by atoms with Crippen LogP contribution in [0.2, 0.25) is 0 Å². The van der Waals surface area contributed by atoms with E-state index in [1.807, 2.05) is 27.7 Å². The highest BCUT2D eigenvalue weighted by atomic mass is 16.2. The van der Waals surface area contributed by atoms with Crippen LogP contribution in [0.15, 0.2) is 0 Å². The lowest BCUT2D eigenvalue weighted by molar-refractivity contribution is -0.144. The highest BCUT2D eigenvalue weighted by molar-refractivity contribution is 6.37. The molecule has 1 saturated heterocycles. The molecule has 5 N–H and O–H groups in total. The number of hydrogen-bond acceptors (Lipinski definition) is 5. The number of primary amides is 1. The second kappa shape index (κ2) is 11.0. The van der Waals surface area contributed by atoms with E-state index in [4.69, 9.17) is 5.73 Å². The predicted octanol–water partition coefficient (Wildman–Crippen LogP) is 1.86. The molecule has 0 aromatic rings. The third-order valence-electron chi connectivity index (χ3n) is 8.38. The minimum absolute atomic E-state index is 0.00936. The van der Waals surface area contributed by atoms with Gasteiger partial charge in [-0.25, -0.2) is 4.79 Å². The average molecular weight is 520 g/mol. The van der Waals surface area contributed by atoms with Gasteiger partial charge in [-0.05, 0) is 63.2 Å². The Labute approximate surface area is 220 Å². The number of amides is 5. The standard InChI is InChI=1S/C27H45N5O5/c1-7-11-17(21(33)22(28)34)29-23(35)20-18-16(27(18,5)6)14-32(20)24(36)19(15-12-9-8-10-13-15)30-25(37)31-26(2,3)4/h15-20H,7-14H2,1-6H3,(H2,28,34)(H,29,35)(H2,30,31,37)/t16-,17-,18-,19?,20?/m0/s1. The lowest BCUT2D eigenvalue weighted by Gasteiger charge is -2.37. The number of likely N-dealkylation sites (tertiary alicyclic amines) is 1. The second-order valence-electron chi connectivity index (χ2n) is 12.7. The van der Waals surface area contributed by atoms with Crippen LogP contribution in [0.5, 0.6) is 0 Å². The summed E-state index contributed by atoms with van der Waals surface area (Å²) in [5, 5.41) is 8.54. The fourth-order valence-electron chi connectivity index (χ4n) is 6.34. The van der Waals surface area contributed by atoms with E-state index >= 15 is 0 Å². The molecule has 0 bridgehead atoms. The second-order valence-corrected chi connectivity index (χ2v) is 12.7. The molecule has 3 rings (SSSR count). The van der Waals surface area contributed by atoms with Crippen molar-refractivity contribution in [1.29, 1.82) is 0 Å². The number of nitrogens with zero attached hydrogens (tertiary/aromatic N) is 1. The monoisotopic (exact) mass is 519 g/mol. The number of ketones is 1.